The van der Waals surface area contributed by atoms with Crippen molar-refractivity contribution in [2.45, 2.75) is 12.5 Å². The first kappa shape index (κ1) is 16.8. The Balaban J connectivity index is 1.62. The molecule has 27 heavy (non-hydrogen) atoms. The number of nitrogens with one attached hydrogen (secondary N) is 1. The highest BCUT2D eigenvalue weighted by molar-refractivity contribution is 6.05. The van der Waals surface area contributed by atoms with Crippen molar-refractivity contribution in [1.82, 2.24) is 5.43 Å². The van der Waals surface area contributed by atoms with Crippen LogP contribution in [0.15, 0.2) is 84.0 Å². The zero-order valence-electron chi connectivity index (χ0n) is 14.5. The molecule has 0 unspecified atom stereocenters. The van der Waals surface area contributed by atoms with Gasteiger partial charge in [0.15, 0.2) is 0 Å². The molecule has 0 spiro atoms. The lowest BCUT2D eigenvalue weighted by molar-refractivity contribution is 0.0954. The minimum absolute atomic E-state index is 0.0378. The number of aromatic hydroxyl groups is 1. The highest BCUT2D eigenvalue weighted by Gasteiger charge is 2.26. The van der Waals surface area contributed by atoms with E-state index >= 15 is 0 Å². The second kappa shape index (κ2) is 7.33. The molecule has 1 aliphatic heterocycles. The number of para-hydroxylation sites is 1. The number of benzene rings is 3. The maximum absolute atomic E-state index is 12.3. The van der Waals surface area contributed by atoms with Gasteiger partial charge in [-0.3, -0.25) is 4.79 Å². The second-order valence-electron chi connectivity index (χ2n) is 6.27. The molecule has 134 valence electrons. The normalized spacial score (nSPS) is 17.0. The molecule has 0 aliphatic carbocycles. The molecule has 0 saturated carbocycles. The first-order valence-corrected chi connectivity index (χ1v) is 8.67. The average Bonchev–Trinajstić information content (AvgIpc) is 2.72. The van der Waals surface area contributed by atoms with Gasteiger partial charge < -0.3 is 9.84 Å². The van der Waals surface area contributed by atoms with Gasteiger partial charge in [0.05, 0.1) is 5.71 Å². The van der Waals surface area contributed by atoms with Gasteiger partial charge in [-0.15, -0.1) is 0 Å². The Morgan fingerprint density at radius 3 is 2.59 bits per heavy atom. The number of amides is 1. The van der Waals surface area contributed by atoms with E-state index in [0.29, 0.717) is 12.0 Å². The molecule has 5 nitrogen and oxygen atoms in total. The number of rotatable bonds is 3. The van der Waals surface area contributed by atoms with Gasteiger partial charge in [0.1, 0.15) is 17.6 Å². The van der Waals surface area contributed by atoms with Crippen LogP contribution in [-0.4, -0.2) is 16.7 Å². The van der Waals surface area contributed by atoms with E-state index in [1.165, 1.54) is 12.1 Å². The molecule has 0 bridgehead atoms. The highest BCUT2D eigenvalue weighted by atomic mass is 16.5. The largest absolute Gasteiger partial charge is 0.508 e. The molecule has 0 aromatic heterocycles. The topological polar surface area (TPSA) is 70.9 Å². The first-order valence-electron chi connectivity index (χ1n) is 8.67. The lowest BCUT2D eigenvalue weighted by Gasteiger charge is -2.27. The quantitative estimate of drug-likeness (QED) is 0.694. The summed E-state index contributed by atoms with van der Waals surface area (Å²) in [5.41, 5.74) is 5.60. The fraction of sp³-hybridized carbons (Fsp3) is 0.0909. The lowest BCUT2D eigenvalue weighted by atomic mass is 9.96. The number of phenolic OH excluding ortho intramolecular Hbond substituents is 1. The predicted octanol–water partition coefficient (Wildman–Crippen LogP) is 4.05. The molecule has 3 aromatic rings. The van der Waals surface area contributed by atoms with Crippen molar-refractivity contribution < 1.29 is 14.6 Å². The number of phenols is 1. The first-order chi connectivity index (χ1) is 13.2. The van der Waals surface area contributed by atoms with Gasteiger partial charge in [0.2, 0.25) is 0 Å². The summed E-state index contributed by atoms with van der Waals surface area (Å²) >= 11 is 0. The Bertz CT molecular complexity index is 999. The van der Waals surface area contributed by atoms with Crippen molar-refractivity contribution >= 4 is 11.6 Å². The third-order valence-corrected chi connectivity index (χ3v) is 4.42. The Labute approximate surface area is 156 Å². The summed E-state index contributed by atoms with van der Waals surface area (Å²) in [6.45, 7) is 0. The minimum atomic E-state index is -0.376. The summed E-state index contributed by atoms with van der Waals surface area (Å²) in [6.07, 6.45) is 0.374. The van der Waals surface area contributed by atoms with Crippen LogP contribution in [-0.2, 0) is 0 Å². The van der Waals surface area contributed by atoms with Crippen LogP contribution < -0.4 is 10.2 Å². The predicted molar refractivity (Wildman–Crippen MR) is 103 cm³/mol. The number of nitrogens with zero attached hydrogens (tertiary/aromatic N) is 1. The van der Waals surface area contributed by atoms with Crippen molar-refractivity contribution in [3.05, 3.63) is 95.6 Å². The molecule has 0 fully saturated rings. The van der Waals surface area contributed by atoms with Gasteiger partial charge in [0.25, 0.3) is 5.91 Å². The average molecular weight is 358 g/mol. The molecular weight excluding hydrogens is 340 g/mol. The molecule has 1 aliphatic rings. The van der Waals surface area contributed by atoms with E-state index in [-0.39, 0.29) is 17.8 Å². The Morgan fingerprint density at radius 1 is 1.00 bits per heavy atom. The lowest BCUT2D eigenvalue weighted by Crippen LogP contribution is -2.25. The van der Waals surface area contributed by atoms with Gasteiger partial charge in [-0.25, -0.2) is 5.43 Å². The molecule has 4 rings (SSSR count). The number of carbonyl (C=O) groups excluding carboxylic acids is 1. The van der Waals surface area contributed by atoms with Gasteiger partial charge >= 0.3 is 0 Å². The monoisotopic (exact) mass is 358 g/mol. The molecule has 0 radical (unpaired) electrons. The van der Waals surface area contributed by atoms with Crippen LogP contribution in [0.5, 0.6) is 11.5 Å². The van der Waals surface area contributed by atoms with E-state index in [2.05, 4.69) is 10.5 Å². The highest BCUT2D eigenvalue weighted by Crippen LogP contribution is 2.34. The van der Waals surface area contributed by atoms with Gasteiger partial charge in [-0.2, -0.15) is 5.10 Å². The van der Waals surface area contributed by atoms with Gasteiger partial charge in [-0.1, -0.05) is 48.5 Å². The number of fused-ring (bicyclic) bond motifs is 1. The molecule has 1 heterocycles. The smallest absolute Gasteiger partial charge is 0.271 e. The summed E-state index contributed by atoms with van der Waals surface area (Å²) in [7, 11) is 0. The summed E-state index contributed by atoms with van der Waals surface area (Å²) < 4.78 is 6.13. The summed E-state index contributed by atoms with van der Waals surface area (Å²) in [4.78, 5) is 12.3. The summed E-state index contributed by atoms with van der Waals surface area (Å²) in [6, 6.07) is 23.8. The molecule has 5 heteroatoms. The van der Waals surface area contributed by atoms with Gasteiger partial charge in [0, 0.05) is 17.5 Å². The SMILES string of the molecule is O=C(N/N=C1/C[C@H](c2ccccc2)Oc2ccccc21)c1cccc(O)c1. The maximum Gasteiger partial charge on any atom is 0.271 e. The second-order valence-corrected chi connectivity index (χ2v) is 6.27. The van der Waals surface area contributed by atoms with E-state index in [4.69, 9.17) is 4.74 Å². The van der Waals surface area contributed by atoms with Crippen LogP contribution in [0.2, 0.25) is 0 Å². The third kappa shape index (κ3) is 3.67. The number of hydrogen-bond donors (Lipinski definition) is 2. The Hall–Kier alpha value is -3.60. The van der Waals surface area contributed by atoms with Crippen molar-refractivity contribution in [3.63, 3.8) is 0 Å². The zero-order chi connectivity index (χ0) is 18.6. The fourth-order valence-corrected chi connectivity index (χ4v) is 3.08. The van der Waals surface area contributed by atoms with Crippen LogP contribution in [0.3, 0.4) is 0 Å². The van der Waals surface area contributed by atoms with Crippen LogP contribution in [0.25, 0.3) is 0 Å². The molecule has 1 atom stereocenters. The fourth-order valence-electron chi connectivity index (χ4n) is 3.08. The van der Waals surface area contributed by atoms with E-state index in [0.717, 1.165) is 22.6 Å². The van der Waals surface area contributed by atoms with Crippen LogP contribution >= 0.6 is 0 Å². The number of carbonyl (C=O) groups is 1. The molecule has 1 amide bonds. The van der Waals surface area contributed by atoms with Crippen molar-refractivity contribution in [1.29, 1.82) is 0 Å². The molecular formula is C22H18N2O3. The van der Waals surface area contributed by atoms with Crippen LogP contribution in [0, 0.1) is 0 Å². The van der Waals surface area contributed by atoms with Crippen LogP contribution in [0.1, 0.15) is 34.0 Å². The Morgan fingerprint density at radius 2 is 1.78 bits per heavy atom. The molecule has 2 N–H and O–H groups in total. The number of hydrogen-bond acceptors (Lipinski definition) is 4. The zero-order valence-corrected chi connectivity index (χ0v) is 14.5. The standard InChI is InChI=1S/C22H18N2O3/c25-17-10-6-9-16(13-17)22(26)24-23-19-14-21(15-7-2-1-3-8-15)27-20-12-5-4-11-18(19)20/h1-13,21,25H,14H2,(H,24,26)/b23-19-/t21-/m1/s1. The third-order valence-electron chi connectivity index (χ3n) is 4.42. The van der Waals surface area contributed by atoms with E-state index in [1.807, 2.05) is 54.6 Å². The van der Waals surface area contributed by atoms with Crippen molar-refractivity contribution in [2.75, 3.05) is 0 Å². The van der Waals surface area contributed by atoms with Gasteiger partial charge in [-0.05, 0) is 35.9 Å². The number of hydrazone groups is 1. The van der Waals surface area contributed by atoms with Crippen molar-refractivity contribution in [2.24, 2.45) is 5.10 Å². The van der Waals surface area contributed by atoms with Crippen molar-refractivity contribution in [3.8, 4) is 11.5 Å². The minimum Gasteiger partial charge on any atom is -0.508 e. The Kier molecular flexibility index (Phi) is 4.58. The van der Waals surface area contributed by atoms with E-state index in [9.17, 15) is 9.90 Å². The number of ether oxygens (including phenoxy) is 1. The van der Waals surface area contributed by atoms with Crippen LogP contribution in [0.4, 0.5) is 0 Å². The summed E-state index contributed by atoms with van der Waals surface area (Å²) in [5.74, 6) is 0.400. The van der Waals surface area contributed by atoms with E-state index < -0.39 is 0 Å². The maximum atomic E-state index is 12.3. The molecule has 0 saturated heterocycles. The summed E-state index contributed by atoms with van der Waals surface area (Å²) in [5, 5.41) is 13.9. The molecule has 3 aromatic carbocycles. The van der Waals surface area contributed by atoms with E-state index in [1.54, 1.807) is 12.1 Å².